The van der Waals surface area contributed by atoms with Crippen LogP contribution in [0.4, 0.5) is 0 Å². The fraction of sp³-hybridized carbons (Fsp3) is 0.750. The van der Waals surface area contributed by atoms with Crippen molar-refractivity contribution in [1.82, 2.24) is 5.32 Å². The van der Waals surface area contributed by atoms with E-state index in [-0.39, 0.29) is 6.04 Å². The average Bonchev–Trinajstić information content (AvgIpc) is 2.11. The highest BCUT2D eigenvalue weighted by Gasteiger charge is 2.03. The molecule has 0 aliphatic carbocycles. The molecule has 0 saturated heterocycles. The van der Waals surface area contributed by atoms with E-state index in [1.54, 1.807) is 0 Å². The molecule has 0 saturated carbocycles. The van der Waals surface area contributed by atoms with Crippen LogP contribution in [-0.2, 0) is 9.59 Å². The first kappa shape index (κ1) is 11.3. The summed E-state index contributed by atoms with van der Waals surface area (Å²) < 4.78 is 0. The van der Waals surface area contributed by atoms with Gasteiger partial charge in [0, 0.05) is 6.42 Å². The van der Waals surface area contributed by atoms with E-state index >= 15 is 0 Å². The minimum absolute atomic E-state index is 0.193. The molecule has 0 aromatic heterocycles. The predicted octanol–water partition coefficient (Wildman–Crippen LogP) is -0.529. The molecule has 4 nitrogen and oxygen atoms in total. The van der Waals surface area contributed by atoms with E-state index in [9.17, 15) is 9.59 Å². The van der Waals surface area contributed by atoms with Gasteiger partial charge in [0.05, 0.1) is 6.04 Å². The van der Waals surface area contributed by atoms with Gasteiger partial charge in [-0.15, -0.1) is 0 Å². The maximum absolute atomic E-state index is 10.4. The molecule has 0 aromatic rings. The molecule has 4 heteroatoms. The van der Waals surface area contributed by atoms with Crippen molar-refractivity contribution in [1.29, 1.82) is 0 Å². The first-order valence-corrected chi connectivity index (χ1v) is 4.17. The maximum Gasteiger partial charge on any atom is 0.136 e. The lowest BCUT2D eigenvalue weighted by molar-refractivity contribution is -0.110. The molecule has 1 atom stereocenters. The number of nitrogens with one attached hydrogen (secondary N) is 1. The zero-order valence-electron chi connectivity index (χ0n) is 7.16. The van der Waals surface area contributed by atoms with Gasteiger partial charge in [-0.25, -0.2) is 0 Å². The zero-order chi connectivity index (χ0) is 9.23. The molecule has 0 bridgehead atoms. The van der Waals surface area contributed by atoms with E-state index in [0.29, 0.717) is 19.4 Å². The molecule has 0 radical (unpaired) electrons. The van der Waals surface area contributed by atoms with E-state index < -0.39 is 0 Å². The van der Waals surface area contributed by atoms with Crippen LogP contribution in [-0.4, -0.2) is 31.7 Å². The fourth-order valence-corrected chi connectivity index (χ4v) is 0.855. The van der Waals surface area contributed by atoms with Crippen molar-refractivity contribution in [3.05, 3.63) is 0 Å². The smallest absolute Gasteiger partial charge is 0.136 e. The van der Waals surface area contributed by atoms with Crippen molar-refractivity contribution in [3.63, 3.8) is 0 Å². The molecule has 0 spiro atoms. The third kappa shape index (κ3) is 6.00. The predicted molar refractivity (Wildman–Crippen MR) is 46.8 cm³/mol. The van der Waals surface area contributed by atoms with Crippen LogP contribution in [0.2, 0.25) is 0 Å². The standard InChI is InChI=1S/C8H16N2O2/c9-4-2-5-10-8(7-12)3-1-6-11/h6-8,10H,1-5,9H2. The highest BCUT2D eigenvalue weighted by atomic mass is 16.1. The van der Waals surface area contributed by atoms with Crippen LogP contribution >= 0.6 is 0 Å². The maximum atomic E-state index is 10.4. The second kappa shape index (κ2) is 8.36. The van der Waals surface area contributed by atoms with Crippen molar-refractivity contribution in [2.45, 2.75) is 25.3 Å². The van der Waals surface area contributed by atoms with E-state index in [1.165, 1.54) is 0 Å². The van der Waals surface area contributed by atoms with Crippen LogP contribution in [0, 0.1) is 0 Å². The lowest BCUT2D eigenvalue weighted by atomic mass is 10.2. The normalized spacial score (nSPS) is 12.4. The Morgan fingerprint density at radius 3 is 2.67 bits per heavy atom. The lowest BCUT2D eigenvalue weighted by Crippen LogP contribution is -2.32. The SMILES string of the molecule is NCCCNC(C=O)CCC=O. The van der Waals surface area contributed by atoms with Gasteiger partial charge < -0.3 is 20.6 Å². The summed E-state index contributed by atoms with van der Waals surface area (Å²) in [4.78, 5) is 20.4. The summed E-state index contributed by atoms with van der Waals surface area (Å²) in [5, 5.41) is 3.00. The summed E-state index contributed by atoms with van der Waals surface area (Å²) in [5.74, 6) is 0. The third-order valence-corrected chi connectivity index (χ3v) is 1.55. The van der Waals surface area contributed by atoms with Gasteiger partial charge in [0.1, 0.15) is 12.6 Å². The molecule has 12 heavy (non-hydrogen) atoms. The van der Waals surface area contributed by atoms with Crippen molar-refractivity contribution >= 4 is 12.6 Å². The average molecular weight is 172 g/mol. The van der Waals surface area contributed by atoms with Crippen LogP contribution in [0.25, 0.3) is 0 Å². The Kier molecular flexibility index (Phi) is 7.84. The Hall–Kier alpha value is -0.740. The van der Waals surface area contributed by atoms with Crippen LogP contribution in [0.15, 0.2) is 0 Å². The number of nitrogens with two attached hydrogens (primary N) is 1. The number of carbonyl (C=O) groups excluding carboxylic acids is 2. The number of hydrogen-bond acceptors (Lipinski definition) is 4. The van der Waals surface area contributed by atoms with Gasteiger partial charge in [0.15, 0.2) is 0 Å². The number of aldehydes is 2. The summed E-state index contributed by atoms with van der Waals surface area (Å²) in [6.07, 6.45) is 3.52. The summed E-state index contributed by atoms with van der Waals surface area (Å²) in [7, 11) is 0. The second-order valence-electron chi connectivity index (χ2n) is 2.58. The monoisotopic (exact) mass is 172 g/mol. The molecule has 0 aromatic carbocycles. The molecule has 0 fully saturated rings. The van der Waals surface area contributed by atoms with E-state index in [1.807, 2.05) is 0 Å². The Morgan fingerprint density at radius 1 is 1.42 bits per heavy atom. The summed E-state index contributed by atoms with van der Waals surface area (Å²) in [6.45, 7) is 1.35. The summed E-state index contributed by atoms with van der Waals surface area (Å²) in [6, 6.07) is -0.193. The van der Waals surface area contributed by atoms with E-state index in [4.69, 9.17) is 5.73 Å². The minimum Gasteiger partial charge on any atom is -0.330 e. The Morgan fingerprint density at radius 2 is 2.17 bits per heavy atom. The van der Waals surface area contributed by atoms with Gasteiger partial charge in [-0.2, -0.15) is 0 Å². The Balaban J connectivity index is 3.38. The summed E-state index contributed by atoms with van der Waals surface area (Å²) >= 11 is 0. The molecule has 1 unspecified atom stereocenters. The summed E-state index contributed by atoms with van der Waals surface area (Å²) in [5.41, 5.74) is 5.27. The van der Waals surface area contributed by atoms with E-state index in [0.717, 1.165) is 25.5 Å². The highest BCUT2D eigenvalue weighted by Crippen LogP contribution is 1.91. The van der Waals surface area contributed by atoms with Crippen molar-refractivity contribution < 1.29 is 9.59 Å². The molecular formula is C8H16N2O2. The van der Waals surface area contributed by atoms with Gasteiger partial charge in [0.2, 0.25) is 0 Å². The van der Waals surface area contributed by atoms with Crippen LogP contribution in [0.5, 0.6) is 0 Å². The van der Waals surface area contributed by atoms with Gasteiger partial charge in [-0.1, -0.05) is 0 Å². The highest BCUT2D eigenvalue weighted by molar-refractivity contribution is 5.59. The molecule has 0 aliphatic rings. The molecular weight excluding hydrogens is 156 g/mol. The quantitative estimate of drug-likeness (QED) is 0.381. The van der Waals surface area contributed by atoms with Crippen LogP contribution < -0.4 is 11.1 Å². The molecule has 0 aliphatic heterocycles. The minimum atomic E-state index is -0.193. The van der Waals surface area contributed by atoms with Gasteiger partial charge in [0.25, 0.3) is 0 Å². The molecule has 0 heterocycles. The molecule has 0 rings (SSSR count). The first-order valence-electron chi connectivity index (χ1n) is 4.17. The Labute approximate surface area is 72.5 Å². The Bertz CT molecular complexity index is 128. The molecule has 0 amide bonds. The van der Waals surface area contributed by atoms with Gasteiger partial charge in [-0.3, -0.25) is 0 Å². The van der Waals surface area contributed by atoms with Crippen molar-refractivity contribution in [2.75, 3.05) is 13.1 Å². The lowest BCUT2D eigenvalue weighted by Gasteiger charge is -2.09. The molecule has 70 valence electrons. The molecule has 3 N–H and O–H groups in total. The largest absolute Gasteiger partial charge is 0.330 e. The van der Waals surface area contributed by atoms with Crippen LogP contribution in [0.3, 0.4) is 0 Å². The number of carbonyl (C=O) groups is 2. The zero-order valence-corrected chi connectivity index (χ0v) is 7.16. The van der Waals surface area contributed by atoms with Crippen LogP contribution in [0.1, 0.15) is 19.3 Å². The third-order valence-electron chi connectivity index (χ3n) is 1.55. The van der Waals surface area contributed by atoms with Crippen molar-refractivity contribution in [2.24, 2.45) is 5.73 Å². The topological polar surface area (TPSA) is 72.2 Å². The fourth-order valence-electron chi connectivity index (χ4n) is 0.855. The number of hydrogen-bond donors (Lipinski definition) is 2. The van der Waals surface area contributed by atoms with Gasteiger partial charge >= 0.3 is 0 Å². The van der Waals surface area contributed by atoms with Gasteiger partial charge in [-0.05, 0) is 25.9 Å². The second-order valence-corrected chi connectivity index (χ2v) is 2.58. The van der Waals surface area contributed by atoms with Crippen molar-refractivity contribution in [3.8, 4) is 0 Å². The number of rotatable bonds is 8. The van der Waals surface area contributed by atoms with E-state index in [2.05, 4.69) is 5.32 Å². The first-order chi connectivity index (χ1) is 5.85.